The van der Waals surface area contributed by atoms with Crippen LogP contribution in [-0.2, 0) is 27.1 Å². The molecule has 2 heterocycles. The molecule has 0 unspecified atom stereocenters. The molecule has 1 aliphatic heterocycles. The first kappa shape index (κ1) is 41.9. The fourth-order valence-electron chi connectivity index (χ4n) is 11.8. The maximum atomic E-state index is 7.40. The zero-order valence-electron chi connectivity index (χ0n) is 40.9. The number of anilines is 5. The summed E-state index contributed by atoms with van der Waals surface area (Å²) in [4.78, 5) is 2.53. The zero-order chi connectivity index (χ0) is 45.6. The molecule has 0 spiro atoms. The lowest BCUT2D eigenvalue weighted by Crippen LogP contribution is -2.41. The molecule has 1 aromatic heterocycles. The van der Waals surface area contributed by atoms with Crippen LogP contribution in [0.25, 0.3) is 43.6 Å². The monoisotopic (exact) mass is 853 g/mol. The number of hydrogen-bond donors (Lipinski definition) is 1. The number of aryl methyl sites for hydroxylation is 1. The van der Waals surface area contributed by atoms with E-state index in [1.165, 1.54) is 107 Å². The second-order valence-electron chi connectivity index (χ2n) is 23.7. The van der Waals surface area contributed by atoms with E-state index in [0.29, 0.717) is 0 Å². The Bertz CT molecular complexity index is 3260. The molecule has 65 heavy (non-hydrogen) atoms. The molecule has 4 heteroatoms. The normalized spacial score (nSPS) is 17.9. The lowest BCUT2D eigenvalue weighted by atomic mass is 9.57. The van der Waals surface area contributed by atoms with Crippen molar-refractivity contribution in [2.24, 2.45) is 0 Å². The van der Waals surface area contributed by atoms with Crippen LogP contribution in [0.4, 0.5) is 28.6 Å². The van der Waals surface area contributed by atoms with Gasteiger partial charge in [-0.3, -0.25) is 4.90 Å². The minimum atomic E-state index is 0.0458. The average Bonchev–Trinajstić information content (AvgIpc) is 3.62. The highest BCUT2D eigenvalue weighted by molar-refractivity contribution is 6.76. The van der Waals surface area contributed by atoms with Gasteiger partial charge in [0.1, 0.15) is 5.58 Å². The second kappa shape index (κ2) is 14.1. The third-order valence-electron chi connectivity index (χ3n) is 16.3. The van der Waals surface area contributed by atoms with Gasteiger partial charge in [-0.15, -0.1) is 0 Å². The second-order valence-corrected chi connectivity index (χ2v) is 23.7. The van der Waals surface area contributed by atoms with E-state index in [4.69, 9.17) is 4.42 Å². The summed E-state index contributed by atoms with van der Waals surface area (Å²) in [5, 5.41) is 10.1. The van der Waals surface area contributed by atoms with E-state index in [2.05, 4.69) is 209 Å². The van der Waals surface area contributed by atoms with Gasteiger partial charge in [-0.25, -0.2) is 0 Å². The van der Waals surface area contributed by atoms with Crippen molar-refractivity contribution in [3.63, 3.8) is 0 Å². The summed E-state index contributed by atoms with van der Waals surface area (Å²) in [6, 6.07) is 44.2. The van der Waals surface area contributed by atoms with Crippen LogP contribution in [0.3, 0.4) is 0 Å². The Hall–Kier alpha value is -5.74. The van der Waals surface area contributed by atoms with Crippen molar-refractivity contribution in [2.75, 3.05) is 10.2 Å². The molecule has 0 radical (unpaired) electrons. The highest BCUT2D eigenvalue weighted by Crippen LogP contribution is 2.53. The summed E-state index contributed by atoms with van der Waals surface area (Å²) in [6.45, 7) is 28.6. The summed E-state index contributed by atoms with van der Waals surface area (Å²) >= 11 is 0. The van der Waals surface area contributed by atoms with Gasteiger partial charge in [0.2, 0.25) is 7.28 Å². The molecule has 0 saturated carbocycles. The number of furan rings is 1. The highest BCUT2D eigenvalue weighted by atomic mass is 16.4. The van der Waals surface area contributed by atoms with E-state index in [1.54, 1.807) is 0 Å². The molecule has 3 aliphatic rings. The van der Waals surface area contributed by atoms with E-state index in [9.17, 15) is 0 Å². The molecule has 1 N–H and O–H groups in total. The van der Waals surface area contributed by atoms with E-state index in [1.807, 2.05) is 0 Å². The third kappa shape index (κ3) is 6.67. The van der Waals surface area contributed by atoms with Crippen LogP contribution in [0.15, 0.2) is 120 Å². The van der Waals surface area contributed by atoms with Crippen LogP contribution < -0.4 is 21.1 Å². The largest absolute Gasteiger partial charge is 0.440 e. The Morgan fingerprint density at radius 1 is 0.554 bits per heavy atom. The molecule has 0 saturated heterocycles. The van der Waals surface area contributed by atoms with E-state index >= 15 is 0 Å². The lowest BCUT2D eigenvalue weighted by Gasteiger charge is -2.43. The van der Waals surface area contributed by atoms with Gasteiger partial charge in [-0.05, 0) is 180 Å². The molecule has 328 valence electrons. The maximum Gasteiger partial charge on any atom is 0.203 e. The summed E-state index contributed by atoms with van der Waals surface area (Å²) in [5.41, 5.74) is 19.5. The van der Waals surface area contributed by atoms with Crippen LogP contribution in [0, 0.1) is 6.92 Å². The molecule has 2 aliphatic carbocycles. The van der Waals surface area contributed by atoms with Gasteiger partial charge in [-0.2, -0.15) is 0 Å². The van der Waals surface area contributed by atoms with Crippen molar-refractivity contribution >= 4 is 79.4 Å². The molecule has 0 atom stereocenters. The predicted molar refractivity (Wildman–Crippen MR) is 281 cm³/mol. The van der Waals surface area contributed by atoms with E-state index in [-0.39, 0.29) is 27.1 Å². The van der Waals surface area contributed by atoms with Crippen LogP contribution >= 0.6 is 0 Å². The van der Waals surface area contributed by atoms with E-state index in [0.717, 1.165) is 43.0 Å². The lowest BCUT2D eigenvalue weighted by molar-refractivity contribution is 0.332. The first-order valence-electron chi connectivity index (χ1n) is 24.2. The van der Waals surface area contributed by atoms with Gasteiger partial charge in [0, 0.05) is 28.0 Å². The summed E-state index contributed by atoms with van der Waals surface area (Å²) in [7, 11) is 0.756. The third-order valence-corrected chi connectivity index (χ3v) is 16.3. The van der Waals surface area contributed by atoms with Crippen molar-refractivity contribution in [3.8, 4) is 11.1 Å². The number of fused-ring (bicyclic) bond motifs is 8. The van der Waals surface area contributed by atoms with Gasteiger partial charge in [0.05, 0.1) is 5.69 Å². The number of hydrogen-bond acceptors (Lipinski definition) is 3. The Morgan fingerprint density at radius 3 is 1.74 bits per heavy atom. The molecule has 8 aromatic rings. The SMILES string of the molecule is Cc1cc2c(cc1N1c3cc4ccccc4c(-c4cc5ccccc5cc4Nc4ccc(C(C)(C)C)cc4)c3Bc3c1oc1cc4c(cc31)C(C)(C)CCC4(C)C)C(C)(C)CCC2(C)C. The molecule has 0 fully saturated rings. The predicted octanol–water partition coefficient (Wildman–Crippen LogP) is 15.6. The highest BCUT2D eigenvalue weighted by Gasteiger charge is 2.42. The Morgan fingerprint density at radius 2 is 1.11 bits per heavy atom. The van der Waals surface area contributed by atoms with Gasteiger partial charge < -0.3 is 9.73 Å². The smallest absolute Gasteiger partial charge is 0.203 e. The quantitative estimate of drug-likeness (QED) is 0.179. The van der Waals surface area contributed by atoms with Gasteiger partial charge in [0.15, 0.2) is 5.88 Å². The topological polar surface area (TPSA) is 28.4 Å². The van der Waals surface area contributed by atoms with Crippen molar-refractivity contribution in [2.45, 2.75) is 136 Å². The van der Waals surface area contributed by atoms with Gasteiger partial charge in [0.25, 0.3) is 0 Å². The summed E-state index contributed by atoms with van der Waals surface area (Å²) in [5.74, 6) is 0.957. The molecule has 7 aromatic carbocycles. The number of rotatable bonds is 4. The molecule has 11 rings (SSSR count). The van der Waals surface area contributed by atoms with Crippen molar-refractivity contribution in [1.82, 2.24) is 0 Å². The molecular weight excluding hydrogens is 787 g/mol. The number of nitrogens with zero attached hydrogens (tertiary/aromatic N) is 1. The molecule has 3 nitrogen and oxygen atoms in total. The van der Waals surface area contributed by atoms with Crippen LogP contribution in [-0.4, -0.2) is 7.28 Å². The van der Waals surface area contributed by atoms with Crippen molar-refractivity contribution < 1.29 is 4.42 Å². The molecule has 0 bridgehead atoms. The van der Waals surface area contributed by atoms with Crippen LogP contribution in [0.2, 0.25) is 0 Å². The fraction of sp³-hybridized carbons (Fsp3) is 0.344. The Labute approximate surface area is 387 Å². The van der Waals surface area contributed by atoms with Crippen molar-refractivity contribution in [1.29, 1.82) is 0 Å². The molecule has 0 amide bonds. The molecular formula is C61H65BN2O. The maximum absolute atomic E-state index is 7.40. The Balaban J connectivity index is 1.23. The first-order chi connectivity index (χ1) is 30.7. The van der Waals surface area contributed by atoms with Gasteiger partial charge >= 0.3 is 0 Å². The number of nitrogens with one attached hydrogen (secondary N) is 1. The van der Waals surface area contributed by atoms with E-state index < -0.39 is 0 Å². The summed E-state index contributed by atoms with van der Waals surface area (Å²) < 4.78 is 7.40. The van der Waals surface area contributed by atoms with Crippen molar-refractivity contribution in [3.05, 3.63) is 149 Å². The summed E-state index contributed by atoms with van der Waals surface area (Å²) in [6.07, 6.45) is 4.67. The van der Waals surface area contributed by atoms with Crippen LogP contribution in [0.1, 0.15) is 135 Å². The first-order valence-corrected chi connectivity index (χ1v) is 24.2. The van der Waals surface area contributed by atoms with Crippen LogP contribution in [0.5, 0.6) is 0 Å². The standard InChI is InChI=1S/C61H65BN2O/c1-36-29-45-47(60(9,10)27-25-58(45,5)6)34-50(36)64-51-32-39-19-15-16-20-42(39)53(43-30-37-17-13-14-18-38(37)31-49(43)63-41-23-21-40(22-24-41)57(2,3)4)55(51)62-54-44-33-46-48(35-52(44)65-56(54)64)61(11,12)28-26-59(46,7)8/h13-24,29-35,62-63H,25-28H2,1-12H3. The van der Waals surface area contributed by atoms with Gasteiger partial charge in [-0.1, -0.05) is 143 Å². The zero-order valence-corrected chi connectivity index (χ0v) is 40.9. The minimum absolute atomic E-state index is 0.0458. The fourth-order valence-corrected chi connectivity index (χ4v) is 11.8. The Kier molecular flexibility index (Phi) is 9.12. The minimum Gasteiger partial charge on any atom is -0.440 e. The average molecular weight is 853 g/mol. The number of benzene rings is 7.